The Morgan fingerprint density at radius 2 is 2.15 bits per heavy atom. The number of rotatable bonds is 8. The molecule has 0 aliphatic rings. The highest BCUT2D eigenvalue weighted by molar-refractivity contribution is 7.99. The summed E-state index contributed by atoms with van der Waals surface area (Å²) in [5.74, 6) is 2.46. The van der Waals surface area contributed by atoms with Crippen molar-refractivity contribution in [2.24, 2.45) is 5.41 Å². The summed E-state index contributed by atoms with van der Waals surface area (Å²) in [5.41, 5.74) is 0.276. The molecule has 0 saturated heterocycles. The van der Waals surface area contributed by atoms with Crippen molar-refractivity contribution in [3.05, 3.63) is 12.7 Å². The zero-order chi connectivity index (χ0) is 10.2. The van der Waals surface area contributed by atoms with Crippen LogP contribution in [0.25, 0.3) is 0 Å². The van der Waals surface area contributed by atoms with Crippen molar-refractivity contribution in [1.82, 2.24) is 5.32 Å². The Hall–Kier alpha value is 0.0500. The second-order valence-corrected chi connectivity index (χ2v) is 4.98. The Balaban J connectivity index is 3.74. The van der Waals surface area contributed by atoms with Crippen LogP contribution in [0.4, 0.5) is 0 Å². The standard InChI is InChI=1S/C11H23NS/c1-5-11(4,10-12-6-2)8-9-13-7-3/h5,12H,1,6-10H2,2-4H3. The molecule has 0 radical (unpaired) electrons. The van der Waals surface area contributed by atoms with Crippen molar-refractivity contribution in [1.29, 1.82) is 0 Å². The third-order valence-electron chi connectivity index (χ3n) is 2.29. The summed E-state index contributed by atoms with van der Waals surface area (Å²) in [6.07, 6.45) is 3.31. The molecule has 0 bridgehead atoms. The van der Waals surface area contributed by atoms with Gasteiger partial charge in [-0.05, 0) is 29.9 Å². The maximum atomic E-state index is 3.92. The minimum Gasteiger partial charge on any atom is -0.316 e. The molecule has 0 aromatic rings. The van der Waals surface area contributed by atoms with Crippen LogP contribution in [0.3, 0.4) is 0 Å². The maximum Gasteiger partial charge on any atom is 0.00399 e. The highest BCUT2D eigenvalue weighted by Crippen LogP contribution is 2.23. The first-order chi connectivity index (χ1) is 6.18. The number of thioether (sulfide) groups is 1. The number of hydrogen-bond acceptors (Lipinski definition) is 2. The lowest BCUT2D eigenvalue weighted by Gasteiger charge is -2.25. The summed E-state index contributed by atoms with van der Waals surface area (Å²) in [6, 6.07) is 0. The van der Waals surface area contributed by atoms with Crippen LogP contribution in [-0.4, -0.2) is 24.6 Å². The smallest absolute Gasteiger partial charge is 0.00399 e. The quantitative estimate of drug-likeness (QED) is 0.479. The van der Waals surface area contributed by atoms with Crippen molar-refractivity contribution in [2.45, 2.75) is 27.2 Å². The van der Waals surface area contributed by atoms with Crippen molar-refractivity contribution < 1.29 is 0 Å². The van der Waals surface area contributed by atoms with E-state index in [9.17, 15) is 0 Å². The first-order valence-electron chi connectivity index (χ1n) is 5.10. The van der Waals surface area contributed by atoms with E-state index < -0.39 is 0 Å². The fourth-order valence-corrected chi connectivity index (χ4v) is 2.02. The molecule has 0 aliphatic carbocycles. The van der Waals surface area contributed by atoms with Gasteiger partial charge in [-0.15, -0.1) is 6.58 Å². The molecule has 1 atom stereocenters. The SMILES string of the molecule is C=CC(C)(CCSCC)CNCC. The van der Waals surface area contributed by atoms with Crippen LogP contribution in [-0.2, 0) is 0 Å². The third kappa shape index (κ3) is 6.17. The second-order valence-electron chi connectivity index (χ2n) is 3.59. The van der Waals surface area contributed by atoms with E-state index in [0.717, 1.165) is 13.1 Å². The average Bonchev–Trinajstić information content (AvgIpc) is 2.15. The van der Waals surface area contributed by atoms with Gasteiger partial charge in [-0.25, -0.2) is 0 Å². The fourth-order valence-electron chi connectivity index (χ4n) is 1.12. The Kier molecular flexibility index (Phi) is 7.48. The van der Waals surface area contributed by atoms with Gasteiger partial charge < -0.3 is 5.32 Å². The molecule has 1 nitrogen and oxygen atoms in total. The van der Waals surface area contributed by atoms with Crippen LogP contribution in [0, 0.1) is 5.41 Å². The topological polar surface area (TPSA) is 12.0 Å². The zero-order valence-corrected chi connectivity index (χ0v) is 10.0. The Morgan fingerprint density at radius 3 is 2.62 bits per heavy atom. The van der Waals surface area contributed by atoms with Crippen LogP contribution in [0.15, 0.2) is 12.7 Å². The van der Waals surface area contributed by atoms with Gasteiger partial charge in [0.25, 0.3) is 0 Å². The van der Waals surface area contributed by atoms with Gasteiger partial charge in [0.05, 0.1) is 0 Å². The van der Waals surface area contributed by atoms with Gasteiger partial charge >= 0.3 is 0 Å². The van der Waals surface area contributed by atoms with Crippen molar-refractivity contribution in [2.75, 3.05) is 24.6 Å². The molecular formula is C11H23NS. The normalized spacial score (nSPS) is 15.3. The fraction of sp³-hybridized carbons (Fsp3) is 0.818. The number of nitrogens with one attached hydrogen (secondary N) is 1. The van der Waals surface area contributed by atoms with Crippen molar-refractivity contribution in [3.8, 4) is 0 Å². The predicted octanol–water partition coefficient (Wildman–Crippen LogP) is 2.93. The monoisotopic (exact) mass is 201 g/mol. The van der Waals surface area contributed by atoms with E-state index in [1.807, 2.05) is 11.8 Å². The van der Waals surface area contributed by atoms with Crippen LogP contribution >= 0.6 is 11.8 Å². The van der Waals surface area contributed by atoms with Gasteiger partial charge in [0.15, 0.2) is 0 Å². The summed E-state index contributed by atoms with van der Waals surface area (Å²) < 4.78 is 0. The van der Waals surface area contributed by atoms with Crippen molar-refractivity contribution >= 4 is 11.8 Å². The lowest BCUT2D eigenvalue weighted by molar-refractivity contribution is 0.388. The molecule has 2 heteroatoms. The lowest BCUT2D eigenvalue weighted by Crippen LogP contribution is -2.30. The molecule has 0 spiro atoms. The van der Waals surface area contributed by atoms with Gasteiger partial charge in [-0.2, -0.15) is 11.8 Å². The molecule has 0 amide bonds. The summed E-state index contributed by atoms with van der Waals surface area (Å²) >= 11 is 2.01. The van der Waals surface area contributed by atoms with Gasteiger partial charge in [-0.1, -0.05) is 26.8 Å². The van der Waals surface area contributed by atoms with Crippen LogP contribution in [0.2, 0.25) is 0 Å². The predicted molar refractivity (Wildman–Crippen MR) is 64.5 cm³/mol. The van der Waals surface area contributed by atoms with Gasteiger partial charge in [0, 0.05) is 6.54 Å². The molecule has 0 aromatic carbocycles. The largest absolute Gasteiger partial charge is 0.316 e. The Bertz CT molecular complexity index is 136. The molecule has 0 saturated carbocycles. The molecule has 13 heavy (non-hydrogen) atoms. The molecule has 1 N–H and O–H groups in total. The number of hydrogen-bond donors (Lipinski definition) is 1. The van der Waals surface area contributed by atoms with Gasteiger partial charge in [0.1, 0.15) is 0 Å². The zero-order valence-electron chi connectivity index (χ0n) is 9.23. The summed E-state index contributed by atoms with van der Waals surface area (Å²) in [7, 11) is 0. The summed E-state index contributed by atoms with van der Waals surface area (Å²) in [5, 5.41) is 3.39. The summed E-state index contributed by atoms with van der Waals surface area (Å²) in [6.45, 7) is 12.6. The van der Waals surface area contributed by atoms with Crippen LogP contribution in [0.5, 0.6) is 0 Å². The minimum absolute atomic E-state index is 0.276. The van der Waals surface area contributed by atoms with Gasteiger partial charge in [0.2, 0.25) is 0 Å². The van der Waals surface area contributed by atoms with E-state index in [2.05, 4.69) is 38.7 Å². The van der Waals surface area contributed by atoms with Crippen LogP contribution in [0.1, 0.15) is 27.2 Å². The summed E-state index contributed by atoms with van der Waals surface area (Å²) in [4.78, 5) is 0. The van der Waals surface area contributed by atoms with E-state index in [4.69, 9.17) is 0 Å². The maximum absolute atomic E-state index is 3.92. The minimum atomic E-state index is 0.276. The molecule has 0 rings (SSSR count). The van der Waals surface area contributed by atoms with E-state index in [1.165, 1.54) is 17.9 Å². The van der Waals surface area contributed by atoms with Crippen molar-refractivity contribution in [3.63, 3.8) is 0 Å². The average molecular weight is 201 g/mol. The highest BCUT2D eigenvalue weighted by Gasteiger charge is 2.18. The Labute approximate surface area is 87.4 Å². The molecule has 0 aliphatic heterocycles. The molecule has 1 unspecified atom stereocenters. The van der Waals surface area contributed by atoms with E-state index >= 15 is 0 Å². The molecule has 0 heterocycles. The van der Waals surface area contributed by atoms with Gasteiger partial charge in [-0.3, -0.25) is 0 Å². The molecular weight excluding hydrogens is 178 g/mol. The lowest BCUT2D eigenvalue weighted by atomic mass is 9.88. The van der Waals surface area contributed by atoms with Crippen LogP contribution < -0.4 is 5.32 Å². The first-order valence-corrected chi connectivity index (χ1v) is 6.26. The molecule has 0 fully saturated rings. The Morgan fingerprint density at radius 1 is 1.46 bits per heavy atom. The van der Waals surface area contributed by atoms with E-state index in [1.54, 1.807) is 0 Å². The molecule has 78 valence electrons. The van der Waals surface area contributed by atoms with E-state index in [0.29, 0.717) is 0 Å². The third-order valence-corrected chi connectivity index (χ3v) is 3.19. The highest BCUT2D eigenvalue weighted by atomic mass is 32.2. The second kappa shape index (κ2) is 7.45. The van der Waals surface area contributed by atoms with E-state index in [-0.39, 0.29) is 5.41 Å². The first kappa shape index (κ1) is 13.1. The molecule has 0 aromatic heterocycles.